The summed E-state index contributed by atoms with van der Waals surface area (Å²) in [5.41, 5.74) is 0. The van der Waals surface area contributed by atoms with E-state index in [2.05, 4.69) is 5.32 Å². The predicted molar refractivity (Wildman–Crippen MR) is 54.6 cm³/mol. The van der Waals surface area contributed by atoms with Crippen LogP contribution in [-0.4, -0.2) is 24.3 Å². The lowest BCUT2D eigenvalue weighted by molar-refractivity contribution is 0.166. The van der Waals surface area contributed by atoms with E-state index in [0.717, 1.165) is 31.7 Å². The van der Waals surface area contributed by atoms with Crippen LogP contribution in [0.2, 0.25) is 0 Å². The van der Waals surface area contributed by atoms with E-state index in [1.54, 1.807) is 18.2 Å². The van der Waals surface area contributed by atoms with Crippen molar-refractivity contribution in [1.29, 1.82) is 0 Å². The number of rotatable bonds is 2. The van der Waals surface area contributed by atoms with Gasteiger partial charge in [0.25, 0.3) is 0 Å². The Morgan fingerprint density at radius 3 is 3.07 bits per heavy atom. The Bertz CT molecular complexity index is 295. The van der Waals surface area contributed by atoms with Gasteiger partial charge in [-0.3, -0.25) is 0 Å². The maximum absolute atomic E-state index is 9.25. The minimum atomic E-state index is 0.241. The van der Waals surface area contributed by atoms with Gasteiger partial charge in [0.15, 0.2) is 0 Å². The van der Waals surface area contributed by atoms with Gasteiger partial charge in [0.05, 0.1) is 0 Å². The molecule has 0 aliphatic carbocycles. The van der Waals surface area contributed by atoms with Gasteiger partial charge in [-0.15, -0.1) is 0 Å². The lowest BCUT2D eigenvalue weighted by atomic mass is 10.1. The number of phenols is 1. The summed E-state index contributed by atoms with van der Waals surface area (Å²) < 4.78 is 5.71. The Labute approximate surface area is 83.7 Å². The molecule has 76 valence electrons. The molecule has 0 aromatic heterocycles. The highest BCUT2D eigenvalue weighted by Crippen LogP contribution is 2.20. The van der Waals surface area contributed by atoms with Gasteiger partial charge in [0.1, 0.15) is 17.6 Å². The van der Waals surface area contributed by atoms with Crippen molar-refractivity contribution >= 4 is 0 Å². The fourth-order valence-corrected chi connectivity index (χ4v) is 1.67. The zero-order valence-corrected chi connectivity index (χ0v) is 8.07. The number of benzene rings is 1. The van der Waals surface area contributed by atoms with E-state index in [1.165, 1.54) is 0 Å². The summed E-state index contributed by atoms with van der Waals surface area (Å²) in [6.07, 6.45) is 2.48. The normalized spacial score (nSPS) is 21.9. The van der Waals surface area contributed by atoms with E-state index in [-0.39, 0.29) is 11.9 Å². The van der Waals surface area contributed by atoms with Gasteiger partial charge in [-0.1, -0.05) is 6.07 Å². The van der Waals surface area contributed by atoms with Crippen LogP contribution in [0.1, 0.15) is 12.8 Å². The second kappa shape index (κ2) is 4.33. The highest BCUT2D eigenvalue weighted by atomic mass is 16.5. The molecule has 3 nitrogen and oxygen atoms in total. The molecule has 1 unspecified atom stereocenters. The molecule has 0 spiro atoms. The van der Waals surface area contributed by atoms with E-state index in [4.69, 9.17) is 4.74 Å². The first-order chi connectivity index (χ1) is 6.84. The van der Waals surface area contributed by atoms with Gasteiger partial charge in [-0.25, -0.2) is 0 Å². The van der Waals surface area contributed by atoms with Gasteiger partial charge < -0.3 is 15.2 Å². The van der Waals surface area contributed by atoms with Crippen LogP contribution in [0.25, 0.3) is 0 Å². The molecule has 0 bridgehead atoms. The molecule has 3 heteroatoms. The van der Waals surface area contributed by atoms with Crippen LogP contribution in [0.3, 0.4) is 0 Å². The highest BCUT2D eigenvalue weighted by Gasteiger charge is 2.14. The SMILES string of the molecule is Oc1cccc(OC2CCCNC2)c1. The number of hydrogen-bond acceptors (Lipinski definition) is 3. The van der Waals surface area contributed by atoms with Gasteiger partial charge in [-0.2, -0.15) is 0 Å². The molecule has 2 N–H and O–H groups in total. The largest absolute Gasteiger partial charge is 0.508 e. The lowest BCUT2D eigenvalue weighted by Crippen LogP contribution is -2.37. The van der Waals surface area contributed by atoms with E-state index in [0.29, 0.717) is 0 Å². The molecular formula is C11H15NO2. The second-order valence-corrected chi connectivity index (χ2v) is 3.58. The van der Waals surface area contributed by atoms with Gasteiger partial charge in [-0.05, 0) is 31.5 Å². The first-order valence-electron chi connectivity index (χ1n) is 5.01. The first-order valence-corrected chi connectivity index (χ1v) is 5.01. The topological polar surface area (TPSA) is 41.5 Å². The van der Waals surface area contributed by atoms with Crippen LogP contribution in [-0.2, 0) is 0 Å². The maximum Gasteiger partial charge on any atom is 0.123 e. The average Bonchev–Trinajstić information content (AvgIpc) is 2.19. The molecule has 1 atom stereocenters. The maximum atomic E-state index is 9.25. The number of aromatic hydroxyl groups is 1. The monoisotopic (exact) mass is 193 g/mol. The second-order valence-electron chi connectivity index (χ2n) is 3.58. The lowest BCUT2D eigenvalue weighted by Gasteiger charge is -2.23. The minimum Gasteiger partial charge on any atom is -0.508 e. The Morgan fingerprint density at radius 2 is 2.36 bits per heavy atom. The number of piperidine rings is 1. The predicted octanol–water partition coefficient (Wildman–Crippen LogP) is 1.52. The summed E-state index contributed by atoms with van der Waals surface area (Å²) in [5.74, 6) is 1.00. The van der Waals surface area contributed by atoms with E-state index in [1.807, 2.05) is 6.07 Å². The fourth-order valence-electron chi connectivity index (χ4n) is 1.67. The average molecular weight is 193 g/mol. The summed E-state index contributed by atoms with van der Waals surface area (Å²) in [5, 5.41) is 12.5. The number of phenolic OH excluding ortho intramolecular Hbond substituents is 1. The summed E-state index contributed by atoms with van der Waals surface area (Å²) >= 11 is 0. The zero-order valence-electron chi connectivity index (χ0n) is 8.07. The molecule has 1 saturated heterocycles. The first kappa shape index (κ1) is 9.34. The van der Waals surface area contributed by atoms with Crippen molar-refractivity contribution in [2.75, 3.05) is 13.1 Å². The molecule has 1 fully saturated rings. The molecule has 1 aromatic carbocycles. The number of nitrogens with one attached hydrogen (secondary N) is 1. The molecule has 14 heavy (non-hydrogen) atoms. The van der Waals surface area contributed by atoms with E-state index < -0.39 is 0 Å². The van der Waals surface area contributed by atoms with Gasteiger partial charge in [0.2, 0.25) is 0 Å². The molecule has 1 aromatic rings. The standard InChI is InChI=1S/C11H15NO2/c13-9-3-1-4-10(7-9)14-11-5-2-6-12-8-11/h1,3-4,7,11-13H,2,5-6,8H2. The summed E-state index contributed by atoms with van der Waals surface area (Å²) in [4.78, 5) is 0. The van der Waals surface area contributed by atoms with Crippen molar-refractivity contribution in [3.05, 3.63) is 24.3 Å². The van der Waals surface area contributed by atoms with Crippen molar-refractivity contribution in [2.24, 2.45) is 0 Å². The van der Waals surface area contributed by atoms with Crippen molar-refractivity contribution in [3.63, 3.8) is 0 Å². The van der Waals surface area contributed by atoms with Crippen LogP contribution < -0.4 is 10.1 Å². The molecule has 2 rings (SSSR count). The summed E-state index contributed by atoms with van der Waals surface area (Å²) in [6, 6.07) is 6.95. The van der Waals surface area contributed by atoms with Crippen LogP contribution >= 0.6 is 0 Å². The Hall–Kier alpha value is -1.22. The van der Waals surface area contributed by atoms with Crippen molar-refractivity contribution < 1.29 is 9.84 Å². The molecule has 0 amide bonds. The Morgan fingerprint density at radius 1 is 1.43 bits per heavy atom. The van der Waals surface area contributed by atoms with Crippen molar-refractivity contribution in [1.82, 2.24) is 5.32 Å². The molecular weight excluding hydrogens is 178 g/mol. The third-order valence-corrected chi connectivity index (χ3v) is 2.37. The molecule has 1 aliphatic rings. The quantitative estimate of drug-likeness (QED) is 0.748. The fraction of sp³-hybridized carbons (Fsp3) is 0.455. The molecule has 1 aliphatic heterocycles. The number of hydrogen-bond donors (Lipinski definition) is 2. The third-order valence-electron chi connectivity index (χ3n) is 2.37. The Kier molecular flexibility index (Phi) is 2.89. The summed E-state index contributed by atoms with van der Waals surface area (Å²) in [6.45, 7) is 1.98. The van der Waals surface area contributed by atoms with Crippen LogP contribution in [0, 0.1) is 0 Å². The zero-order chi connectivity index (χ0) is 9.80. The molecule has 0 radical (unpaired) electrons. The van der Waals surface area contributed by atoms with Crippen LogP contribution in [0.15, 0.2) is 24.3 Å². The van der Waals surface area contributed by atoms with Crippen LogP contribution in [0.4, 0.5) is 0 Å². The van der Waals surface area contributed by atoms with Gasteiger partial charge >= 0.3 is 0 Å². The minimum absolute atomic E-state index is 0.241. The molecule has 0 saturated carbocycles. The van der Waals surface area contributed by atoms with Crippen LogP contribution in [0.5, 0.6) is 11.5 Å². The molecule has 1 heterocycles. The van der Waals surface area contributed by atoms with E-state index in [9.17, 15) is 5.11 Å². The van der Waals surface area contributed by atoms with E-state index >= 15 is 0 Å². The highest BCUT2D eigenvalue weighted by molar-refractivity contribution is 5.31. The summed E-state index contributed by atoms with van der Waals surface area (Å²) in [7, 11) is 0. The van der Waals surface area contributed by atoms with Gasteiger partial charge in [0, 0.05) is 12.6 Å². The van der Waals surface area contributed by atoms with Crippen molar-refractivity contribution in [2.45, 2.75) is 18.9 Å². The third kappa shape index (κ3) is 2.39. The van der Waals surface area contributed by atoms with Crippen molar-refractivity contribution in [3.8, 4) is 11.5 Å². The smallest absolute Gasteiger partial charge is 0.123 e. The Balaban J connectivity index is 1.95. The number of ether oxygens (including phenoxy) is 1.